The lowest BCUT2D eigenvalue weighted by molar-refractivity contribution is -0.131. The first kappa shape index (κ1) is 24.0. The molecule has 1 heterocycles. The largest absolute Gasteiger partial charge is 0.332 e. The zero-order valence-electron chi connectivity index (χ0n) is 19.4. The molecule has 5 aliphatic rings. The molecule has 6 rings (SSSR count). The van der Waals surface area contributed by atoms with Gasteiger partial charge in [-0.15, -0.1) is 0 Å². The summed E-state index contributed by atoms with van der Waals surface area (Å²) in [6, 6.07) is 5.34. The number of likely N-dealkylation sites (tertiary alicyclic amines) is 1. The molecular weight excluding hydrogens is 473 g/mol. The summed E-state index contributed by atoms with van der Waals surface area (Å²) in [5, 5.41) is 15.8. The number of nitriles is 1. The number of halogens is 1. The highest BCUT2D eigenvalue weighted by atomic mass is 32.2. The van der Waals surface area contributed by atoms with E-state index in [1.54, 1.807) is 4.90 Å². The zero-order valence-corrected chi connectivity index (χ0v) is 20.2. The van der Waals surface area contributed by atoms with Crippen LogP contribution in [0.3, 0.4) is 0 Å². The maximum absolute atomic E-state index is 13.2. The lowest BCUT2D eigenvalue weighted by atomic mass is 9.50. The van der Waals surface area contributed by atoms with Gasteiger partial charge in [-0.05, 0) is 87.5 Å². The van der Waals surface area contributed by atoms with Crippen LogP contribution in [-0.2, 0) is 14.8 Å². The van der Waals surface area contributed by atoms with Crippen LogP contribution in [-0.4, -0.2) is 55.5 Å². The second-order valence-electron chi connectivity index (χ2n) is 10.8. The molecular formula is C24H30FN5O4S. The van der Waals surface area contributed by atoms with Crippen molar-refractivity contribution in [2.45, 2.75) is 73.4 Å². The number of nitrogens with one attached hydrogen (secondary N) is 3. The number of rotatable bonds is 6. The van der Waals surface area contributed by atoms with Gasteiger partial charge in [-0.1, -0.05) is 0 Å². The van der Waals surface area contributed by atoms with Gasteiger partial charge in [0.25, 0.3) is 10.0 Å². The van der Waals surface area contributed by atoms with Crippen molar-refractivity contribution in [3.63, 3.8) is 0 Å². The summed E-state index contributed by atoms with van der Waals surface area (Å²) >= 11 is 0. The molecule has 4 saturated carbocycles. The Morgan fingerprint density at radius 3 is 2.43 bits per heavy atom. The van der Waals surface area contributed by atoms with Crippen LogP contribution in [0.4, 0.5) is 9.18 Å². The van der Waals surface area contributed by atoms with E-state index in [2.05, 4.69) is 21.4 Å². The van der Waals surface area contributed by atoms with Gasteiger partial charge in [0.2, 0.25) is 5.91 Å². The first-order chi connectivity index (χ1) is 16.6. The summed E-state index contributed by atoms with van der Waals surface area (Å²) in [5.41, 5.74) is -0.851. The number of amides is 3. The molecule has 11 heteroatoms. The zero-order chi connectivity index (χ0) is 24.8. The third kappa shape index (κ3) is 4.74. The van der Waals surface area contributed by atoms with E-state index in [9.17, 15) is 27.7 Å². The van der Waals surface area contributed by atoms with Crippen LogP contribution in [0, 0.1) is 29.0 Å². The fourth-order valence-electron chi connectivity index (χ4n) is 7.24. The van der Waals surface area contributed by atoms with Gasteiger partial charge in [0, 0.05) is 17.6 Å². The fourth-order valence-corrected chi connectivity index (χ4v) is 8.15. The predicted molar refractivity (Wildman–Crippen MR) is 124 cm³/mol. The third-order valence-corrected chi connectivity index (χ3v) is 9.47. The molecule has 5 fully saturated rings. The van der Waals surface area contributed by atoms with Gasteiger partial charge in [0.05, 0.1) is 17.5 Å². The van der Waals surface area contributed by atoms with E-state index < -0.39 is 27.4 Å². The molecule has 0 spiro atoms. The topological polar surface area (TPSA) is 131 Å². The maximum Gasteiger partial charge on any atom is 0.329 e. The summed E-state index contributed by atoms with van der Waals surface area (Å²) in [7, 11) is -4.13. The molecule has 1 aliphatic heterocycles. The quantitative estimate of drug-likeness (QED) is 0.544. The van der Waals surface area contributed by atoms with Crippen LogP contribution in [0.15, 0.2) is 29.2 Å². The van der Waals surface area contributed by atoms with Crippen LogP contribution in [0.5, 0.6) is 0 Å². The van der Waals surface area contributed by atoms with Gasteiger partial charge < -0.3 is 15.5 Å². The molecule has 4 aliphatic carbocycles. The van der Waals surface area contributed by atoms with Crippen molar-refractivity contribution in [1.82, 2.24) is 20.3 Å². The highest BCUT2D eigenvalue weighted by Gasteiger charge is 2.58. The normalized spacial score (nSPS) is 33.4. The molecule has 0 radical (unpaired) electrons. The van der Waals surface area contributed by atoms with Crippen molar-refractivity contribution in [2.75, 3.05) is 13.1 Å². The molecule has 1 saturated heterocycles. The van der Waals surface area contributed by atoms with Crippen molar-refractivity contribution in [3.8, 4) is 6.07 Å². The molecule has 3 atom stereocenters. The van der Waals surface area contributed by atoms with Crippen LogP contribution >= 0.6 is 0 Å². The van der Waals surface area contributed by atoms with Gasteiger partial charge >= 0.3 is 6.03 Å². The van der Waals surface area contributed by atoms with E-state index in [0.29, 0.717) is 31.2 Å². The van der Waals surface area contributed by atoms with Gasteiger partial charge in [0.15, 0.2) is 0 Å². The summed E-state index contributed by atoms with van der Waals surface area (Å²) in [6.07, 6.45) is 6.60. The molecule has 1 aromatic rings. The second kappa shape index (κ2) is 8.75. The lowest BCUT2D eigenvalue weighted by Crippen LogP contribution is -2.70. The van der Waals surface area contributed by atoms with Gasteiger partial charge in [0.1, 0.15) is 11.9 Å². The highest BCUT2D eigenvalue weighted by molar-refractivity contribution is 7.90. The molecule has 9 nitrogen and oxygen atoms in total. The Labute approximate surface area is 204 Å². The van der Waals surface area contributed by atoms with Crippen molar-refractivity contribution in [1.29, 1.82) is 5.26 Å². The van der Waals surface area contributed by atoms with Crippen molar-refractivity contribution < 1.29 is 22.4 Å². The summed E-state index contributed by atoms with van der Waals surface area (Å²) < 4.78 is 40.4. The SMILES string of the molecule is N#C[C@@H]1CCCN1C(=O)CNC12CC3CC(C1)CC(NC(=O)NS(=O)(=O)c1ccc(F)cc1)(C3)C2. The number of hydrogen-bond acceptors (Lipinski definition) is 6. The van der Waals surface area contributed by atoms with Crippen molar-refractivity contribution >= 4 is 22.0 Å². The smallest absolute Gasteiger partial charge is 0.329 e. The summed E-state index contributed by atoms with van der Waals surface area (Å²) in [6.45, 7) is 0.754. The molecule has 3 amide bonds. The number of hydrogen-bond donors (Lipinski definition) is 3. The molecule has 0 aromatic heterocycles. The van der Waals surface area contributed by atoms with Crippen LogP contribution in [0.25, 0.3) is 0 Å². The number of nitrogens with zero attached hydrogens (tertiary/aromatic N) is 2. The highest BCUT2D eigenvalue weighted by Crippen LogP contribution is 2.57. The molecule has 4 bridgehead atoms. The van der Waals surface area contributed by atoms with Crippen molar-refractivity contribution in [3.05, 3.63) is 30.1 Å². The van der Waals surface area contributed by atoms with E-state index >= 15 is 0 Å². The monoisotopic (exact) mass is 503 g/mol. The number of sulfonamides is 1. The van der Waals surface area contributed by atoms with E-state index in [1.165, 1.54) is 0 Å². The standard InChI is InChI=1S/C24H30FN5O4S/c25-18-3-5-20(6-4-18)35(33,34)29-22(32)28-24-11-16-8-17(12-24)10-23(9-16,15-24)27-14-21(31)30-7-1-2-19(30)13-26/h3-6,16-17,19,27H,1-2,7-12,14-15H2,(H2,28,29,32)/t16?,17?,19-,23?,24?/m0/s1. The van der Waals surface area contributed by atoms with Crippen LogP contribution in [0.2, 0.25) is 0 Å². The summed E-state index contributed by atoms with van der Waals surface area (Å²) in [5.74, 6) is 0.124. The second-order valence-corrected chi connectivity index (χ2v) is 12.4. The Balaban J connectivity index is 1.25. The van der Waals surface area contributed by atoms with Crippen LogP contribution in [0.1, 0.15) is 51.4 Å². The number of carbonyl (C=O) groups excluding carboxylic acids is 2. The van der Waals surface area contributed by atoms with Crippen molar-refractivity contribution in [2.24, 2.45) is 11.8 Å². The Morgan fingerprint density at radius 1 is 1.11 bits per heavy atom. The fraction of sp³-hybridized carbons (Fsp3) is 0.625. The van der Waals surface area contributed by atoms with Crippen LogP contribution < -0.4 is 15.4 Å². The average Bonchev–Trinajstić information content (AvgIpc) is 3.25. The Morgan fingerprint density at radius 2 is 1.77 bits per heavy atom. The van der Waals surface area contributed by atoms with Gasteiger partial charge in [-0.3, -0.25) is 4.79 Å². The van der Waals surface area contributed by atoms with E-state index in [0.717, 1.165) is 62.8 Å². The molecule has 188 valence electrons. The Bertz CT molecular complexity index is 1150. The minimum Gasteiger partial charge on any atom is -0.332 e. The number of benzene rings is 1. The van der Waals surface area contributed by atoms with E-state index in [4.69, 9.17) is 0 Å². The molecule has 3 N–H and O–H groups in total. The van der Waals surface area contributed by atoms with Gasteiger partial charge in [-0.2, -0.15) is 5.26 Å². The predicted octanol–water partition coefficient (Wildman–Crippen LogP) is 2.01. The minimum atomic E-state index is -4.13. The molecule has 1 aromatic carbocycles. The summed E-state index contributed by atoms with van der Waals surface area (Å²) in [4.78, 5) is 27.1. The van der Waals surface area contributed by atoms with Gasteiger partial charge in [-0.25, -0.2) is 22.3 Å². The first-order valence-electron chi connectivity index (χ1n) is 12.2. The Hall–Kier alpha value is -2.71. The molecule has 2 unspecified atom stereocenters. The first-order valence-corrected chi connectivity index (χ1v) is 13.6. The van der Waals surface area contributed by atoms with E-state index in [1.807, 2.05) is 0 Å². The van der Waals surface area contributed by atoms with E-state index in [-0.39, 0.29) is 28.9 Å². The third-order valence-electron chi connectivity index (χ3n) is 8.13. The maximum atomic E-state index is 13.2. The average molecular weight is 504 g/mol. The minimum absolute atomic E-state index is 0.0741. The number of urea groups is 1. The Kier molecular flexibility index (Phi) is 6.00. The number of carbonyl (C=O) groups is 2. The molecule has 35 heavy (non-hydrogen) atoms. The lowest BCUT2D eigenvalue weighted by Gasteiger charge is -2.62.